The zero-order valence-electron chi connectivity index (χ0n) is 15.0. The van der Waals surface area contributed by atoms with E-state index in [1.54, 1.807) is 0 Å². The zero-order chi connectivity index (χ0) is 16.0. The average Bonchev–Trinajstić information content (AvgIpc) is 2.89. The third kappa shape index (κ3) is 5.97. The molecule has 0 amide bonds. The van der Waals surface area contributed by atoms with Gasteiger partial charge in [0, 0.05) is 38.4 Å². The highest BCUT2D eigenvalue weighted by molar-refractivity contribution is 14.0. The fraction of sp³-hybridized carbons (Fsp3) is 0.765. The Bertz CT molecular complexity index is 495. The molecule has 0 radical (unpaired) electrons. The van der Waals surface area contributed by atoms with Crippen molar-refractivity contribution in [2.24, 2.45) is 17.5 Å². The van der Waals surface area contributed by atoms with Crippen LogP contribution in [0.4, 0.5) is 0 Å². The van der Waals surface area contributed by atoms with Crippen LogP contribution in [0, 0.1) is 5.41 Å². The minimum atomic E-state index is 0. The molecule has 0 spiro atoms. The van der Waals surface area contributed by atoms with Crippen molar-refractivity contribution in [3.63, 3.8) is 0 Å². The summed E-state index contributed by atoms with van der Waals surface area (Å²) in [6.45, 7) is 10.7. The summed E-state index contributed by atoms with van der Waals surface area (Å²) in [5.41, 5.74) is 1.59. The van der Waals surface area contributed by atoms with Gasteiger partial charge in [-0.1, -0.05) is 20.3 Å². The summed E-state index contributed by atoms with van der Waals surface area (Å²) < 4.78 is 1.83. The first-order valence-electron chi connectivity index (χ1n) is 8.57. The number of aromatic nitrogens is 2. The van der Waals surface area contributed by atoms with E-state index in [0.29, 0.717) is 12.0 Å². The van der Waals surface area contributed by atoms with E-state index in [2.05, 4.69) is 36.1 Å². The van der Waals surface area contributed by atoms with Gasteiger partial charge < -0.3 is 10.2 Å². The third-order valence-electron chi connectivity index (χ3n) is 4.44. The first-order valence-corrected chi connectivity index (χ1v) is 8.57. The maximum absolute atomic E-state index is 4.82. The number of rotatable bonds is 5. The number of guanidine groups is 1. The van der Waals surface area contributed by atoms with Gasteiger partial charge in [-0.15, -0.1) is 24.0 Å². The molecule has 1 aromatic rings. The van der Waals surface area contributed by atoms with Crippen molar-refractivity contribution in [3.05, 3.63) is 18.0 Å². The number of aryl methyl sites for hydroxylation is 1. The van der Waals surface area contributed by atoms with Gasteiger partial charge in [-0.25, -0.2) is 4.99 Å². The lowest BCUT2D eigenvalue weighted by atomic mass is 9.78. The summed E-state index contributed by atoms with van der Waals surface area (Å²) in [5.74, 6) is 1.05. The van der Waals surface area contributed by atoms with Crippen molar-refractivity contribution in [1.82, 2.24) is 20.0 Å². The first-order chi connectivity index (χ1) is 10.6. The zero-order valence-corrected chi connectivity index (χ0v) is 17.3. The summed E-state index contributed by atoms with van der Waals surface area (Å²) in [7, 11) is 1.94. The Balaban J connectivity index is 0.00000264. The molecule has 2 rings (SSSR count). The smallest absolute Gasteiger partial charge is 0.194 e. The van der Waals surface area contributed by atoms with Gasteiger partial charge >= 0.3 is 0 Å². The highest BCUT2D eigenvalue weighted by atomic mass is 127. The molecule has 23 heavy (non-hydrogen) atoms. The van der Waals surface area contributed by atoms with E-state index < -0.39 is 0 Å². The lowest BCUT2D eigenvalue weighted by Crippen LogP contribution is -2.49. The summed E-state index contributed by atoms with van der Waals surface area (Å²) in [6, 6.07) is 0. The van der Waals surface area contributed by atoms with Crippen molar-refractivity contribution >= 4 is 29.9 Å². The molecular formula is C17H32IN5. The van der Waals surface area contributed by atoms with Crippen LogP contribution in [0.2, 0.25) is 0 Å². The second-order valence-electron chi connectivity index (χ2n) is 6.78. The lowest BCUT2D eigenvalue weighted by molar-refractivity contribution is 0.142. The van der Waals surface area contributed by atoms with Crippen LogP contribution in [0.25, 0.3) is 0 Å². The van der Waals surface area contributed by atoms with Crippen LogP contribution in [0.15, 0.2) is 17.4 Å². The normalized spacial score (nSPS) is 21.9. The van der Waals surface area contributed by atoms with Crippen LogP contribution < -0.4 is 5.32 Å². The predicted molar refractivity (Wildman–Crippen MR) is 107 cm³/mol. The maximum Gasteiger partial charge on any atom is 0.194 e. The summed E-state index contributed by atoms with van der Waals surface area (Å²) in [4.78, 5) is 7.27. The number of halogens is 1. The molecule has 1 fully saturated rings. The molecule has 5 nitrogen and oxygen atoms in total. The lowest BCUT2D eigenvalue weighted by Gasteiger charge is -2.42. The van der Waals surface area contributed by atoms with Crippen molar-refractivity contribution < 1.29 is 0 Å². The number of aliphatic imine (C=N–C) groups is 1. The molecule has 132 valence electrons. The number of likely N-dealkylation sites (tertiary alicyclic amines) is 1. The standard InChI is InChI=1S/C17H31N5.HI/c1-5-8-17(3)9-7-10-22(14-17)16(18-6-2)19-11-15-12-20-21(4)13-15;/h12-13H,5-11,14H2,1-4H3,(H,18,19);1H. The van der Waals surface area contributed by atoms with Crippen LogP contribution in [0.5, 0.6) is 0 Å². The van der Waals surface area contributed by atoms with E-state index in [1.807, 2.05) is 24.1 Å². The van der Waals surface area contributed by atoms with E-state index in [1.165, 1.54) is 25.7 Å². The van der Waals surface area contributed by atoms with Crippen LogP contribution >= 0.6 is 24.0 Å². The van der Waals surface area contributed by atoms with Crippen LogP contribution in [-0.4, -0.2) is 40.3 Å². The molecular weight excluding hydrogens is 401 g/mol. The van der Waals surface area contributed by atoms with Gasteiger partial charge in [0.25, 0.3) is 0 Å². The minimum Gasteiger partial charge on any atom is -0.357 e. The SMILES string of the molecule is CCCC1(C)CCCN(C(=NCc2cnn(C)c2)NCC)C1.I. The quantitative estimate of drug-likeness (QED) is 0.440. The Kier molecular flexibility index (Phi) is 8.36. The number of hydrogen-bond donors (Lipinski definition) is 1. The van der Waals surface area contributed by atoms with Gasteiger partial charge in [-0.3, -0.25) is 4.68 Å². The maximum atomic E-state index is 4.82. The molecule has 1 aliphatic rings. The molecule has 1 aromatic heterocycles. The van der Waals surface area contributed by atoms with E-state index >= 15 is 0 Å². The summed E-state index contributed by atoms with van der Waals surface area (Å²) in [5, 5.41) is 7.67. The molecule has 0 aliphatic carbocycles. The van der Waals surface area contributed by atoms with Crippen molar-refractivity contribution in [2.45, 2.75) is 53.0 Å². The predicted octanol–water partition coefficient (Wildman–Crippen LogP) is 3.41. The largest absolute Gasteiger partial charge is 0.357 e. The Morgan fingerprint density at radius 3 is 2.83 bits per heavy atom. The van der Waals surface area contributed by atoms with Crippen molar-refractivity contribution in [2.75, 3.05) is 19.6 Å². The fourth-order valence-electron chi connectivity index (χ4n) is 3.45. The number of nitrogens with one attached hydrogen (secondary N) is 1. The molecule has 6 heteroatoms. The Morgan fingerprint density at radius 1 is 1.43 bits per heavy atom. The van der Waals surface area contributed by atoms with E-state index in [-0.39, 0.29) is 24.0 Å². The van der Waals surface area contributed by atoms with Gasteiger partial charge in [0.1, 0.15) is 0 Å². The van der Waals surface area contributed by atoms with Gasteiger partial charge in [-0.05, 0) is 31.6 Å². The molecule has 2 heterocycles. The highest BCUT2D eigenvalue weighted by Gasteiger charge is 2.31. The van der Waals surface area contributed by atoms with Crippen molar-refractivity contribution in [3.8, 4) is 0 Å². The van der Waals surface area contributed by atoms with Gasteiger partial charge in [0.15, 0.2) is 5.96 Å². The fourth-order valence-corrected chi connectivity index (χ4v) is 3.45. The van der Waals surface area contributed by atoms with Crippen LogP contribution in [0.3, 0.4) is 0 Å². The summed E-state index contributed by atoms with van der Waals surface area (Å²) in [6.07, 6.45) is 9.07. The minimum absolute atomic E-state index is 0. The molecule has 1 atom stereocenters. The van der Waals surface area contributed by atoms with Gasteiger partial charge in [0.2, 0.25) is 0 Å². The molecule has 0 saturated carbocycles. The van der Waals surface area contributed by atoms with E-state index in [4.69, 9.17) is 4.99 Å². The van der Waals surface area contributed by atoms with Crippen LogP contribution in [0.1, 0.15) is 52.0 Å². The Labute approximate surface area is 157 Å². The van der Waals surface area contributed by atoms with Gasteiger partial charge in [0.05, 0.1) is 12.7 Å². The molecule has 1 saturated heterocycles. The van der Waals surface area contributed by atoms with Gasteiger partial charge in [-0.2, -0.15) is 5.10 Å². The van der Waals surface area contributed by atoms with Crippen LogP contribution in [-0.2, 0) is 13.6 Å². The second kappa shape index (κ2) is 9.49. The monoisotopic (exact) mass is 433 g/mol. The first kappa shape index (κ1) is 20.3. The molecule has 0 aromatic carbocycles. The Hall–Kier alpha value is -0.790. The number of hydrogen-bond acceptors (Lipinski definition) is 2. The highest BCUT2D eigenvalue weighted by Crippen LogP contribution is 2.33. The average molecular weight is 433 g/mol. The number of piperidine rings is 1. The Morgan fingerprint density at radius 2 is 2.22 bits per heavy atom. The second-order valence-corrected chi connectivity index (χ2v) is 6.78. The topological polar surface area (TPSA) is 45.5 Å². The molecule has 1 aliphatic heterocycles. The van der Waals surface area contributed by atoms with E-state index in [0.717, 1.165) is 31.2 Å². The van der Waals surface area contributed by atoms with E-state index in [9.17, 15) is 0 Å². The third-order valence-corrected chi connectivity index (χ3v) is 4.44. The number of nitrogens with zero attached hydrogens (tertiary/aromatic N) is 4. The summed E-state index contributed by atoms with van der Waals surface area (Å²) >= 11 is 0. The molecule has 0 bridgehead atoms. The van der Waals surface area contributed by atoms with Crippen molar-refractivity contribution in [1.29, 1.82) is 0 Å². The molecule has 1 N–H and O–H groups in total. The molecule has 1 unspecified atom stereocenters.